The maximum absolute atomic E-state index is 6.88. The monoisotopic (exact) mass is 573 g/mol. The lowest BCUT2D eigenvalue weighted by Gasteiger charge is -2.54. The molecule has 2 aliphatic heterocycles. The van der Waals surface area contributed by atoms with E-state index in [9.17, 15) is 0 Å². The van der Waals surface area contributed by atoms with Gasteiger partial charge in [0.05, 0.1) is 25.9 Å². The summed E-state index contributed by atoms with van der Waals surface area (Å²) in [6, 6.07) is 30.7. The van der Waals surface area contributed by atoms with E-state index in [0.29, 0.717) is 19.8 Å². The van der Waals surface area contributed by atoms with Gasteiger partial charge in [-0.2, -0.15) is 5.06 Å². The van der Waals surface area contributed by atoms with Crippen LogP contribution in [0.2, 0.25) is 0 Å². The Morgan fingerprint density at radius 3 is 1.48 bits per heavy atom. The molecule has 0 spiro atoms. The van der Waals surface area contributed by atoms with Crippen LogP contribution in [0.4, 0.5) is 0 Å². The molecule has 0 bridgehead atoms. The molecular weight excluding hydrogens is 526 g/mol. The molecule has 0 N–H and O–H groups in total. The predicted octanol–water partition coefficient (Wildman–Crippen LogP) is 7.46. The zero-order valence-electron chi connectivity index (χ0n) is 25.8. The third kappa shape index (κ3) is 7.67. The van der Waals surface area contributed by atoms with E-state index in [-0.39, 0.29) is 23.3 Å². The Balaban J connectivity index is 1.45. The number of hydrogen-bond acceptors (Lipinski definition) is 6. The second-order valence-corrected chi connectivity index (χ2v) is 12.9. The first kappa shape index (κ1) is 30.9. The average molecular weight is 574 g/mol. The van der Waals surface area contributed by atoms with E-state index >= 15 is 0 Å². The summed E-state index contributed by atoms with van der Waals surface area (Å²) < 4.78 is 26.7. The molecule has 0 aromatic heterocycles. The van der Waals surface area contributed by atoms with Crippen molar-refractivity contribution >= 4 is 0 Å². The van der Waals surface area contributed by atoms with Crippen LogP contribution in [-0.2, 0) is 43.6 Å². The third-order valence-electron chi connectivity index (χ3n) is 8.47. The molecule has 0 saturated carbocycles. The van der Waals surface area contributed by atoms with Crippen LogP contribution in [0.1, 0.15) is 70.6 Å². The first-order chi connectivity index (χ1) is 20.2. The second kappa shape index (κ2) is 13.8. The quantitative estimate of drug-likeness (QED) is 0.237. The highest BCUT2D eigenvalue weighted by molar-refractivity contribution is 5.15. The Kier molecular flexibility index (Phi) is 10.1. The van der Waals surface area contributed by atoms with Gasteiger partial charge in [0.25, 0.3) is 0 Å². The molecule has 0 aliphatic carbocycles. The van der Waals surface area contributed by atoms with Crippen molar-refractivity contribution in [1.82, 2.24) is 5.06 Å². The first-order valence-electron chi connectivity index (χ1n) is 15.3. The molecule has 226 valence electrons. The van der Waals surface area contributed by atoms with Crippen molar-refractivity contribution in [2.24, 2.45) is 0 Å². The molecule has 2 saturated heterocycles. The van der Waals surface area contributed by atoms with Crippen LogP contribution in [0, 0.1) is 0 Å². The van der Waals surface area contributed by atoms with Crippen molar-refractivity contribution in [3.05, 3.63) is 108 Å². The molecular formula is C36H47NO5. The molecule has 6 nitrogen and oxygen atoms in total. The lowest BCUT2D eigenvalue weighted by atomic mass is 9.82. The van der Waals surface area contributed by atoms with E-state index in [2.05, 4.69) is 69.2 Å². The Morgan fingerprint density at radius 2 is 1.02 bits per heavy atom. The van der Waals surface area contributed by atoms with Crippen LogP contribution in [-0.4, -0.2) is 46.8 Å². The van der Waals surface area contributed by atoms with E-state index < -0.39 is 18.5 Å². The van der Waals surface area contributed by atoms with Gasteiger partial charge in [0.15, 0.2) is 0 Å². The van der Waals surface area contributed by atoms with Gasteiger partial charge in [-0.05, 0) is 70.6 Å². The predicted molar refractivity (Wildman–Crippen MR) is 164 cm³/mol. The molecule has 2 aliphatic rings. The van der Waals surface area contributed by atoms with Crippen LogP contribution < -0.4 is 0 Å². The molecule has 0 radical (unpaired) electrons. The van der Waals surface area contributed by atoms with E-state index in [1.54, 1.807) is 0 Å². The van der Waals surface area contributed by atoms with Crippen molar-refractivity contribution in [3.8, 4) is 0 Å². The van der Waals surface area contributed by atoms with Gasteiger partial charge in [0.2, 0.25) is 6.29 Å². The number of hydroxylamine groups is 2. The summed E-state index contributed by atoms with van der Waals surface area (Å²) in [5.74, 6) is 0. The summed E-state index contributed by atoms with van der Waals surface area (Å²) in [7, 11) is 0. The molecule has 2 fully saturated rings. The fraction of sp³-hybridized carbons (Fsp3) is 0.500. The zero-order valence-corrected chi connectivity index (χ0v) is 25.8. The molecule has 6 heteroatoms. The molecule has 0 amide bonds. The Hall–Kier alpha value is -2.58. The van der Waals surface area contributed by atoms with Gasteiger partial charge in [0.1, 0.15) is 18.3 Å². The van der Waals surface area contributed by atoms with Crippen molar-refractivity contribution in [3.63, 3.8) is 0 Å². The van der Waals surface area contributed by atoms with Crippen LogP contribution in [0.15, 0.2) is 91.0 Å². The smallest absolute Gasteiger partial charge is 0.206 e. The van der Waals surface area contributed by atoms with Gasteiger partial charge in [-0.3, -0.25) is 4.84 Å². The van der Waals surface area contributed by atoms with Gasteiger partial charge < -0.3 is 18.9 Å². The Morgan fingerprint density at radius 1 is 0.619 bits per heavy atom. The fourth-order valence-electron chi connectivity index (χ4n) is 6.32. The maximum atomic E-state index is 6.88. The van der Waals surface area contributed by atoms with E-state index in [4.69, 9.17) is 23.8 Å². The number of hydrogen-bond donors (Lipinski definition) is 0. The number of ether oxygens (including phenoxy) is 4. The number of rotatable bonds is 11. The van der Waals surface area contributed by atoms with Crippen LogP contribution in [0.5, 0.6) is 0 Å². The highest BCUT2D eigenvalue weighted by atomic mass is 16.8. The SMILES string of the molecule is C[C@H]1O[C@@H](ON2C(C)(C)CCCC2(C)C)[C@H](OCc2ccccc2)[C@@H](OCc2ccccc2)[C@H]1OCc1ccccc1. The molecule has 0 unspecified atom stereocenters. The highest BCUT2D eigenvalue weighted by Gasteiger charge is 2.51. The van der Waals surface area contributed by atoms with Crippen molar-refractivity contribution in [1.29, 1.82) is 0 Å². The largest absolute Gasteiger partial charge is 0.368 e. The summed E-state index contributed by atoms with van der Waals surface area (Å²) in [5.41, 5.74) is 2.97. The average Bonchev–Trinajstić information content (AvgIpc) is 2.98. The third-order valence-corrected chi connectivity index (χ3v) is 8.47. The van der Waals surface area contributed by atoms with Gasteiger partial charge in [-0.15, -0.1) is 0 Å². The number of nitrogens with zero attached hydrogens (tertiary/aromatic N) is 1. The summed E-state index contributed by atoms with van der Waals surface area (Å²) in [6.45, 7) is 12.3. The van der Waals surface area contributed by atoms with E-state index in [0.717, 1.165) is 36.0 Å². The molecule has 5 rings (SSSR count). The molecule has 3 aromatic carbocycles. The van der Waals surface area contributed by atoms with Gasteiger partial charge in [-0.25, -0.2) is 0 Å². The summed E-state index contributed by atoms with van der Waals surface area (Å²) >= 11 is 0. The topological polar surface area (TPSA) is 49.4 Å². The van der Waals surface area contributed by atoms with Gasteiger partial charge in [0, 0.05) is 11.1 Å². The van der Waals surface area contributed by atoms with Crippen molar-refractivity contribution in [2.75, 3.05) is 0 Å². The minimum Gasteiger partial charge on any atom is -0.368 e. The summed E-state index contributed by atoms with van der Waals surface area (Å²) in [5, 5.41) is 2.15. The number of piperidine rings is 1. The number of benzene rings is 3. The van der Waals surface area contributed by atoms with Crippen LogP contribution in [0.25, 0.3) is 0 Å². The zero-order chi connectivity index (χ0) is 29.6. The molecule has 2 heterocycles. The second-order valence-electron chi connectivity index (χ2n) is 12.9. The fourth-order valence-corrected chi connectivity index (χ4v) is 6.32. The van der Waals surface area contributed by atoms with Crippen LogP contribution in [0.3, 0.4) is 0 Å². The highest BCUT2D eigenvalue weighted by Crippen LogP contribution is 2.41. The van der Waals surface area contributed by atoms with Crippen LogP contribution >= 0.6 is 0 Å². The van der Waals surface area contributed by atoms with Gasteiger partial charge in [-0.1, -0.05) is 91.0 Å². The molecule has 3 aromatic rings. The molecule has 5 atom stereocenters. The lowest BCUT2D eigenvalue weighted by Crippen LogP contribution is -2.65. The molecule has 42 heavy (non-hydrogen) atoms. The van der Waals surface area contributed by atoms with E-state index in [1.807, 2.05) is 61.5 Å². The Labute approximate surface area is 251 Å². The van der Waals surface area contributed by atoms with Gasteiger partial charge >= 0.3 is 0 Å². The Bertz CT molecular complexity index is 1200. The van der Waals surface area contributed by atoms with Crippen molar-refractivity contribution in [2.45, 2.75) is 115 Å². The minimum absolute atomic E-state index is 0.153. The van der Waals surface area contributed by atoms with Crippen molar-refractivity contribution < 1.29 is 23.8 Å². The lowest BCUT2D eigenvalue weighted by molar-refractivity contribution is -0.408. The first-order valence-corrected chi connectivity index (χ1v) is 15.3. The summed E-state index contributed by atoms with van der Waals surface area (Å²) in [6.07, 6.45) is 0.979. The summed E-state index contributed by atoms with van der Waals surface area (Å²) in [4.78, 5) is 6.88. The standard InChI is InChI=1S/C36H47NO5/c1-27-31(38-24-28-16-9-6-10-17-28)32(39-25-29-18-11-7-12-19-29)33(40-26-30-20-13-8-14-21-30)34(41-27)42-37-35(2,3)22-15-23-36(37,4)5/h6-14,16-21,27,31-34H,15,22-26H2,1-5H3/t27-,31+,32+,33-,34+/m1/s1. The maximum Gasteiger partial charge on any atom is 0.206 e. The minimum atomic E-state index is -0.669. The normalized spacial score (nSPS) is 27.5. The van der Waals surface area contributed by atoms with E-state index in [1.165, 1.54) is 0 Å².